The lowest BCUT2D eigenvalue weighted by atomic mass is 10.0. The summed E-state index contributed by atoms with van der Waals surface area (Å²) >= 11 is 5.80. The van der Waals surface area contributed by atoms with Crippen molar-refractivity contribution in [3.05, 3.63) is 101 Å². The third kappa shape index (κ3) is 5.77. The number of sulfone groups is 1. The van der Waals surface area contributed by atoms with E-state index in [1.54, 1.807) is 54.6 Å². The molecule has 2 N–H and O–H groups in total. The highest BCUT2D eigenvalue weighted by molar-refractivity contribution is 7.90. The van der Waals surface area contributed by atoms with Gasteiger partial charge in [0.2, 0.25) is 5.91 Å². The van der Waals surface area contributed by atoms with Crippen LogP contribution in [0.15, 0.2) is 83.8 Å². The van der Waals surface area contributed by atoms with Crippen molar-refractivity contribution in [2.45, 2.75) is 4.90 Å². The minimum absolute atomic E-state index is 0.0474. The van der Waals surface area contributed by atoms with Crippen molar-refractivity contribution in [2.24, 2.45) is 5.73 Å². The second kappa shape index (κ2) is 9.30. The van der Waals surface area contributed by atoms with Crippen LogP contribution in [0.4, 0.5) is 0 Å². The van der Waals surface area contributed by atoms with Gasteiger partial charge < -0.3 is 5.73 Å². The zero-order chi connectivity index (χ0) is 20.7. The Morgan fingerprint density at radius 3 is 1.75 bits per heavy atom. The summed E-state index contributed by atoms with van der Waals surface area (Å²) in [5, 5.41) is 0.282. The number of primary amides is 1. The molecule has 0 radical (unpaired) electrons. The van der Waals surface area contributed by atoms with Crippen molar-refractivity contribution >= 4 is 33.1 Å². The Labute approximate surface area is 168 Å². The van der Waals surface area contributed by atoms with Gasteiger partial charge in [-0.1, -0.05) is 60.1 Å². The van der Waals surface area contributed by atoms with Gasteiger partial charge in [0.1, 0.15) is 0 Å². The first-order valence-electron chi connectivity index (χ1n) is 8.14. The molecule has 3 rings (SSSR count). The Bertz CT molecular complexity index is 1080. The van der Waals surface area contributed by atoms with Crippen molar-refractivity contribution < 1.29 is 18.0 Å². The van der Waals surface area contributed by atoms with E-state index in [1.807, 2.05) is 6.07 Å². The maximum absolute atomic E-state index is 12.3. The summed E-state index contributed by atoms with van der Waals surface area (Å²) in [6.07, 6.45) is 1.06. The molecule has 0 aliphatic carbocycles. The van der Waals surface area contributed by atoms with Gasteiger partial charge in [-0.25, -0.2) is 8.42 Å². The number of carbonyl (C=O) groups excluding carboxylic acids is 2. The van der Waals surface area contributed by atoms with Gasteiger partial charge in [-0.15, -0.1) is 0 Å². The van der Waals surface area contributed by atoms with E-state index >= 15 is 0 Å². The molecule has 144 valence electrons. The first kappa shape index (κ1) is 21.3. The van der Waals surface area contributed by atoms with Gasteiger partial charge in [0.25, 0.3) is 0 Å². The molecule has 3 aromatic carbocycles. The van der Waals surface area contributed by atoms with Gasteiger partial charge in [-0.05, 0) is 30.3 Å². The van der Waals surface area contributed by atoms with Crippen LogP contribution in [-0.2, 0) is 9.84 Å². The molecule has 1 amide bonds. The predicted molar refractivity (Wildman–Crippen MR) is 109 cm³/mol. The molecular formula is C21H18ClNO4S. The molecule has 3 aromatic rings. The molecule has 0 saturated carbocycles. The molecule has 0 atom stereocenters. The van der Waals surface area contributed by atoms with E-state index in [1.165, 1.54) is 18.2 Å². The van der Waals surface area contributed by atoms with E-state index in [0.717, 1.165) is 6.26 Å². The van der Waals surface area contributed by atoms with Gasteiger partial charge in [0, 0.05) is 28.0 Å². The number of halogens is 1. The summed E-state index contributed by atoms with van der Waals surface area (Å²) in [6, 6.07) is 21.5. The monoisotopic (exact) mass is 415 g/mol. The van der Waals surface area contributed by atoms with E-state index in [0.29, 0.717) is 11.1 Å². The number of ketones is 1. The van der Waals surface area contributed by atoms with Gasteiger partial charge in [-0.2, -0.15) is 0 Å². The van der Waals surface area contributed by atoms with Gasteiger partial charge >= 0.3 is 0 Å². The Morgan fingerprint density at radius 2 is 1.32 bits per heavy atom. The van der Waals surface area contributed by atoms with Crippen molar-refractivity contribution in [3.63, 3.8) is 0 Å². The smallest absolute Gasteiger partial charge is 0.248 e. The molecule has 0 spiro atoms. The number of carbonyl (C=O) groups is 2. The SMILES string of the molecule is CS(=O)(=O)c1cc(Cl)ccc1C(=O)c1ccccc1.NC(=O)c1ccccc1. The third-order valence-electron chi connectivity index (χ3n) is 3.68. The first-order valence-corrected chi connectivity index (χ1v) is 10.4. The molecule has 7 heteroatoms. The van der Waals surface area contributed by atoms with Gasteiger partial charge in [0.05, 0.1) is 4.90 Å². The molecule has 28 heavy (non-hydrogen) atoms. The Hall–Kier alpha value is -2.96. The van der Waals surface area contributed by atoms with Crippen molar-refractivity contribution in [1.82, 2.24) is 0 Å². The van der Waals surface area contributed by atoms with Crippen LogP contribution in [0.3, 0.4) is 0 Å². The van der Waals surface area contributed by atoms with Gasteiger partial charge in [-0.3, -0.25) is 9.59 Å². The normalized spacial score (nSPS) is 10.5. The molecule has 0 fully saturated rings. The standard InChI is InChI=1S/C14H11ClO3S.C7H7NO/c1-19(17,18)13-9-11(15)7-8-12(13)14(16)10-5-3-2-4-6-10;8-7(9)6-4-2-1-3-5-6/h2-9H,1H3;1-5H,(H2,8,9). The average Bonchev–Trinajstić information content (AvgIpc) is 2.68. The van der Waals surface area contributed by atoms with Crippen molar-refractivity contribution in [2.75, 3.05) is 6.26 Å². The summed E-state index contributed by atoms with van der Waals surface area (Å²) in [6.45, 7) is 0. The zero-order valence-electron chi connectivity index (χ0n) is 15.0. The largest absolute Gasteiger partial charge is 0.366 e. The molecule has 0 heterocycles. The van der Waals surface area contributed by atoms with E-state index in [9.17, 15) is 18.0 Å². The minimum atomic E-state index is -3.51. The molecule has 0 aliphatic rings. The van der Waals surface area contributed by atoms with Crippen molar-refractivity contribution in [3.8, 4) is 0 Å². The highest BCUT2D eigenvalue weighted by atomic mass is 35.5. The number of benzene rings is 3. The predicted octanol–water partition coefficient (Wildman–Crippen LogP) is 3.76. The number of nitrogens with two attached hydrogens (primary N) is 1. The summed E-state index contributed by atoms with van der Waals surface area (Å²) in [4.78, 5) is 22.7. The lowest BCUT2D eigenvalue weighted by Crippen LogP contribution is -2.09. The number of rotatable bonds is 4. The molecule has 0 aliphatic heterocycles. The fourth-order valence-electron chi connectivity index (χ4n) is 2.34. The van der Waals surface area contributed by atoms with E-state index in [-0.39, 0.29) is 27.2 Å². The second-order valence-corrected chi connectivity index (χ2v) is 8.26. The van der Waals surface area contributed by atoms with Crippen LogP contribution in [0.2, 0.25) is 5.02 Å². The van der Waals surface area contributed by atoms with E-state index in [4.69, 9.17) is 17.3 Å². The fourth-order valence-corrected chi connectivity index (χ4v) is 3.48. The first-order chi connectivity index (χ1) is 13.2. The van der Waals surface area contributed by atoms with Crippen LogP contribution in [0.5, 0.6) is 0 Å². The van der Waals surface area contributed by atoms with Crippen LogP contribution in [0.1, 0.15) is 26.3 Å². The lowest BCUT2D eigenvalue weighted by molar-refractivity contribution is 0.0998. The maximum atomic E-state index is 12.3. The quantitative estimate of drug-likeness (QED) is 0.656. The highest BCUT2D eigenvalue weighted by Crippen LogP contribution is 2.23. The Balaban J connectivity index is 0.000000261. The van der Waals surface area contributed by atoms with Crippen LogP contribution < -0.4 is 5.73 Å². The lowest BCUT2D eigenvalue weighted by Gasteiger charge is -2.07. The van der Waals surface area contributed by atoms with E-state index in [2.05, 4.69) is 0 Å². The molecule has 0 bridgehead atoms. The summed E-state index contributed by atoms with van der Waals surface area (Å²) in [5.41, 5.74) is 6.10. The average molecular weight is 416 g/mol. The van der Waals surface area contributed by atoms with Crippen LogP contribution in [-0.4, -0.2) is 26.4 Å². The molecule has 0 saturated heterocycles. The summed E-state index contributed by atoms with van der Waals surface area (Å²) in [7, 11) is -3.51. The second-order valence-electron chi connectivity index (χ2n) is 5.84. The van der Waals surface area contributed by atoms with Crippen molar-refractivity contribution in [1.29, 1.82) is 0 Å². The van der Waals surface area contributed by atoms with Gasteiger partial charge in [0.15, 0.2) is 15.6 Å². The third-order valence-corrected chi connectivity index (χ3v) is 5.05. The van der Waals surface area contributed by atoms with Crippen LogP contribution >= 0.6 is 11.6 Å². The molecule has 0 aromatic heterocycles. The topological polar surface area (TPSA) is 94.3 Å². The Morgan fingerprint density at radius 1 is 0.821 bits per heavy atom. The highest BCUT2D eigenvalue weighted by Gasteiger charge is 2.20. The number of hydrogen-bond donors (Lipinski definition) is 1. The van der Waals surface area contributed by atoms with Crippen LogP contribution in [0, 0.1) is 0 Å². The van der Waals surface area contributed by atoms with Crippen LogP contribution in [0.25, 0.3) is 0 Å². The number of amides is 1. The zero-order valence-corrected chi connectivity index (χ0v) is 16.6. The fraction of sp³-hybridized carbons (Fsp3) is 0.0476. The molecule has 0 unspecified atom stereocenters. The Kier molecular flexibility index (Phi) is 7.09. The maximum Gasteiger partial charge on any atom is 0.248 e. The summed E-state index contributed by atoms with van der Waals surface area (Å²) in [5.74, 6) is -0.715. The number of hydrogen-bond acceptors (Lipinski definition) is 4. The van der Waals surface area contributed by atoms with E-state index < -0.39 is 9.84 Å². The summed E-state index contributed by atoms with van der Waals surface area (Å²) < 4.78 is 23.5. The minimum Gasteiger partial charge on any atom is -0.366 e. The molecule has 5 nitrogen and oxygen atoms in total. The molecular weight excluding hydrogens is 398 g/mol.